The number of aliphatic hydroxyl groups is 1. The van der Waals surface area contributed by atoms with Crippen LogP contribution in [0.1, 0.15) is 51.9 Å². The number of piperidine rings is 2. The predicted molar refractivity (Wildman–Crippen MR) is 119 cm³/mol. The lowest BCUT2D eigenvalue weighted by atomic mass is 9.86. The molecule has 30 heavy (non-hydrogen) atoms. The van der Waals surface area contributed by atoms with Crippen LogP contribution >= 0.6 is 0 Å². The summed E-state index contributed by atoms with van der Waals surface area (Å²) in [5.74, 6) is 1.08. The van der Waals surface area contributed by atoms with E-state index in [1.807, 2.05) is 12.1 Å². The first-order valence-electron chi connectivity index (χ1n) is 11.6. The molecule has 3 heterocycles. The van der Waals surface area contributed by atoms with E-state index >= 15 is 0 Å². The molecule has 3 saturated heterocycles. The number of hydrogen-bond acceptors (Lipinski definition) is 5. The van der Waals surface area contributed by atoms with E-state index in [-0.39, 0.29) is 5.91 Å². The fraction of sp³-hybridized carbons (Fsp3) is 0.708. The van der Waals surface area contributed by atoms with E-state index in [9.17, 15) is 9.90 Å². The van der Waals surface area contributed by atoms with E-state index in [2.05, 4.69) is 26.8 Å². The summed E-state index contributed by atoms with van der Waals surface area (Å²) >= 11 is 0. The van der Waals surface area contributed by atoms with E-state index in [0.29, 0.717) is 12.1 Å². The van der Waals surface area contributed by atoms with Crippen molar-refractivity contribution in [3.8, 4) is 5.75 Å². The number of β-amino-alcohol motifs (C(OH)–C–C–N with tert-alkyl or cyclic N) is 1. The molecule has 0 saturated carbocycles. The molecule has 3 aliphatic rings. The predicted octanol–water partition coefficient (Wildman–Crippen LogP) is 2.89. The van der Waals surface area contributed by atoms with E-state index in [1.165, 1.54) is 6.42 Å². The molecule has 0 spiro atoms. The van der Waals surface area contributed by atoms with Crippen LogP contribution in [0.25, 0.3) is 0 Å². The fourth-order valence-electron chi connectivity index (χ4n) is 5.76. The van der Waals surface area contributed by atoms with E-state index < -0.39 is 5.60 Å². The molecule has 1 aromatic rings. The maximum absolute atomic E-state index is 12.2. The SMILES string of the molecule is COc1cccc(N2CCC(O)(CN3CCC[C@@H]4[C@H]3CCCCN4C(C)=O)CC2)c1. The molecule has 0 radical (unpaired) electrons. The Kier molecular flexibility index (Phi) is 6.54. The van der Waals surface area contributed by atoms with Crippen LogP contribution in [-0.4, -0.2) is 78.3 Å². The van der Waals surface area contributed by atoms with Crippen molar-refractivity contribution in [3.05, 3.63) is 24.3 Å². The van der Waals surface area contributed by atoms with Gasteiger partial charge in [0.15, 0.2) is 0 Å². The van der Waals surface area contributed by atoms with Crippen LogP contribution in [0.2, 0.25) is 0 Å². The number of carbonyl (C=O) groups excluding carboxylic acids is 1. The second-order valence-corrected chi connectivity index (χ2v) is 9.37. The minimum absolute atomic E-state index is 0.207. The Morgan fingerprint density at radius 1 is 1.10 bits per heavy atom. The monoisotopic (exact) mass is 415 g/mol. The quantitative estimate of drug-likeness (QED) is 0.820. The van der Waals surface area contributed by atoms with Gasteiger partial charge in [0.25, 0.3) is 0 Å². The molecule has 0 aromatic heterocycles. The third kappa shape index (κ3) is 4.59. The lowest BCUT2D eigenvalue weighted by molar-refractivity contribution is -0.134. The second-order valence-electron chi connectivity index (χ2n) is 9.37. The number of hydrogen-bond donors (Lipinski definition) is 1. The van der Waals surface area contributed by atoms with Gasteiger partial charge in [-0.15, -0.1) is 0 Å². The topological polar surface area (TPSA) is 56.3 Å². The number of benzene rings is 1. The van der Waals surface area contributed by atoms with Crippen molar-refractivity contribution >= 4 is 11.6 Å². The summed E-state index contributed by atoms with van der Waals surface area (Å²) < 4.78 is 5.36. The van der Waals surface area contributed by atoms with Gasteiger partial charge in [0, 0.05) is 56.9 Å². The highest BCUT2D eigenvalue weighted by Crippen LogP contribution is 2.34. The zero-order valence-corrected chi connectivity index (χ0v) is 18.6. The van der Waals surface area contributed by atoms with Gasteiger partial charge in [-0.05, 0) is 57.2 Å². The molecule has 1 N–H and O–H groups in total. The first kappa shape index (κ1) is 21.4. The van der Waals surface area contributed by atoms with Gasteiger partial charge < -0.3 is 19.6 Å². The van der Waals surface area contributed by atoms with Gasteiger partial charge in [-0.3, -0.25) is 9.69 Å². The van der Waals surface area contributed by atoms with Gasteiger partial charge in [0.05, 0.1) is 12.7 Å². The standard InChI is InChI=1S/C24H37N3O3/c1-19(28)27-14-4-3-9-22-23(27)10-6-13-26(22)18-24(29)11-15-25(16-12-24)20-7-5-8-21(17-20)30-2/h5,7-8,17,22-23,29H,3-4,6,9-16,18H2,1-2H3/t22-,23-/m1/s1. The van der Waals surface area contributed by atoms with Crippen molar-refractivity contribution in [3.63, 3.8) is 0 Å². The largest absolute Gasteiger partial charge is 0.497 e. The smallest absolute Gasteiger partial charge is 0.219 e. The molecule has 1 aromatic carbocycles. The van der Waals surface area contributed by atoms with Crippen molar-refractivity contribution < 1.29 is 14.6 Å². The number of methoxy groups -OCH3 is 1. The molecule has 3 aliphatic heterocycles. The van der Waals surface area contributed by atoms with Crippen LogP contribution in [0.5, 0.6) is 5.75 Å². The Morgan fingerprint density at radius 3 is 2.60 bits per heavy atom. The number of amides is 1. The average molecular weight is 416 g/mol. The minimum atomic E-state index is -0.648. The van der Waals surface area contributed by atoms with Gasteiger partial charge in [0.1, 0.15) is 5.75 Å². The third-order valence-electron chi connectivity index (χ3n) is 7.42. The molecule has 6 heteroatoms. The van der Waals surface area contributed by atoms with Crippen molar-refractivity contribution in [1.29, 1.82) is 0 Å². The molecule has 4 rings (SSSR count). The first-order valence-corrected chi connectivity index (χ1v) is 11.6. The van der Waals surface area contributed by atoms with Crippen molar-refractivity contribution in [2.75, 3.05) is 44.7 Å². The van der Waals surface area contributed by atoms with E-state index in [4.69, 9.17) is 4.74 Å². The lowest BCUT2D eigenvalue weighted by Gasteiger charge is -2.48. The number of carbonyl (C=O) groups is 1. The molecular formula is C24H37N3O3. The lowest BCUT2D eigenvalue weighted by Crippen LogP contribution is -2.60. The van der Waals surface area contributed by atoms with E-state index in [0.717, 1.165) is 82.7 Å². The number of nitrogens with zero attached hydrogens (tertiary/aromatic N) is 3. The summed E-state index contributed by atoms with van der Waals surface area (Å²) in [7, 11) is 1.70. The summed E-state index contributed by atoms with van der Waals surface area (Å²) in [5, 5.41) is 11.5. The minimum Gasteiger partial charge on any atom is -0.497 e. The summed E-state index contributed by atoms with van der Waals surface area (Å²) in [4.78, 5) is 19.2. The van der Waals surface area contributed by atoms with Crippen LogP contribution in [0, 0.1) is 0 Å². The maximum Gasteiger partial charge on any atom is 0.219 e. The Balaban J connectivity index is 1.40. The highest BCUT2D eigenvalue weighted by Gasteiger charge is 2.41. The average Bonchev–Trinajstić information content (AvgIpc) is 2.98. The summed E-state index contributed by atoms with van der Waals surface area (Å²) in [6, 6.07) is 8.89. The number of fused-ring (bicyclic) bond motifs is 1. The first-order chi connectivity index (χ1) is 14.5. The molecule has 2 atom stereocenters. The summed E-state index contributed by atoms with van der Waals surface area (Å²) in [5.41, 5.74) is 0.514. The molecule has 1 amide bonds. The normalized spacial score (nSPS) is 27.3. The number of likely N-dealkylation sites (tertiary alicyclic amines) is 2. The Labute approximate surface area is 180 Å². The summed E-state index contributed by atoms with van der Waals surface area (Å²) in [6.45, 7) is 6.07. The van der Waals surface area contributed by atoms with E-state index in [1.54, 1.807) is 14.0 Å². The zero-order valence-electron chi connectivity index (χ0n) is 18.6. The van der Waals surface area contributed by atoms with Gasteiger partial charge >= 0.3 is 0 Å². The second kappa shape index (κ2) is 9.15. The molecule has 0 aliphatic carbocycles. The van der Waals surface area contributed by atoms with Crippen molar-refractivity contribution in [2.45, 2.75) is 69.6 Å². The van der Waals surface area contributed by atoms with Crippen LogP contribution in [-0.2, 0) is 4.79 Å². The van der Waals surface area contributed by atoms with Gasteiger partial charge in [-0.2, -0.15) is 0 Å². The van der Waals surface area contributed by atoms with Gasteiger partial charge in [-0.25, -0.2) is 0 Å². The van der Waals surface area contributed by atoms with Crippen LogP contribution in [0.15, 0.2) is 24.3 Å². The van der Waals surface area contributed by atoms with Crippen LogP contribution in [0.3, 0.4) is 0 Å². The fourth-order valence-corrected chi connectivity index (χ4v) is 5.76. The molecule has 166 valence electrons. The highest BCUT2D eigenvalue weighted by atomic mass is 16.5. The zero-order chi connectivity index (χ0) is 21.1. The van der Waals surface area contributed by atoms with Gasteiger partial charge in [0.2, 0.25) is 5.91 Å². The van der Waals surface area contributed by atoms with Crippen molar-refractivity contribution in [2.24, 2.45) is 0 Å². The molecule has 6 nitrogen and oxygen atoms in total. The van der Waals surface area contributed by atoms with Crippen molar-refractivity contribution in [1.82, 2.24) is 9.80 Å². The molecule has 0 unspecified atom stereocenters. The van der Waals surface area contributed by atoms with Crippen LogP contribution < -0.4 is 9.64 Å². The Hall–Kier alpha value is -1.79. The number of rotatable bonds is 4. The highest BCUT2D eigenvalue weighted by molar-refractivity contribution is 5.73. The number of ether oxygens (including phenoxy) is 1. The molecule has 0 bridgehead atoms. The molecule has 3 fully saturated rings. The Morgan fingerprint density at radius 2 is 1.87 bits per heavy atom. The maximum atomic E-state index is 12.2. The number of anilines is 1. The van der Waals surface area contributed by atoms with Gasteiger partial charge in [-0.1, -0.05) is 12.5 Å². The molecular weight excluding hydrogens is 378 g/mol. The van der Waals surface area contributed by atoms with Crippen LogP contribution in [0.4, 0.5) is 5.69 Å². The Bertz CT molecular complexity index is 732. The third-order valence-corrected chi connectivity index (χ3v) is 7.42. The summed E-state index contributed by atoms with van der Waals surface area (Å²) in [6.07, 6.45) is 7.16.